The van der Waals surface area contributed by atoms with Gasteiger partial charge >= 0.3 is 0 Å². The van der Waals surface area contributed by atoms with Gasteiger partial charge in [0.25, 0.3) is 0 Å². The zero-order chi connectivity index (χ0) is 19.1. The highest BCUT2D eigenvalue weighted by Crippen LogP contribution is 2.47. The topological polar surface area (TPSA) is 90.0 Å². The van der Waals surface area contributed by atoms with E-state index < -0.39 is 0 Å². The van der Waals surface area contributed by atoms with Crippen molar-refractivity contribution in [2.75, 3.05) is 30.3 Å². The summed E-state index contributed by atoms with van der Waals surface area (Å²) < 4.78 is 6.40. The Morgan fingerprint density at radius 1 is 1.14 bits per heavy atom. The van der Waals surface area contributed by atoms with Gasteiger partial charge in [-0.3, -0.25) is 0 Å². The van der Waals surface area contributed by atoms with Gasteiger partial charge in [0, 0.05) is 42.1 Å². The first-order chi connectivity index (χ1) is 13.6. The molecule has 2 aliphatic rings. The van der Waals surface area contributed by atoms with Crippen molar-refractivity contribution in [1.82, 2.24) is 19.9 Å². The molecule has 0 atom stereocenters. The lowest BCUT2D eigenvalue weighted by Gasteiger charge is -2.44. The molecule has 3 aromatic rings. The molecule has 5 rings (SSSR count). The molecule has 3 aromatic heterocycles. The highest BCUT2D eigenvalue weighted by atomic mass is 32.1. The minimum atomic E-state index is -0.213. The van der Waals surface area contributed by atoms with Gasteiger partial charge in [-0.1, -0.05) is 0 Å². The summed E-state index contributed by atoms with van der Waals surface area (Å²) in [5.41, 5.74) is 7.90. The maximum absolute atomic E-state index is 6.40. The first-order valence-electron chi connectivity index (χ1n) is 9.54. The number of nitrogens with zero attached hydrogens (tertiary/aromatic N) is 5. The molecular formula is C20H22N6OS. The average Bonchev–Trinajstić information content (AvgIpc) is 3.15. The number of rotatable bonds is 2. The number of hydrogen-bond donors (Lipinski definition) is 1. The lowest BCUT2D eigenvalue weighted by Crippen LogP contribution is -2.46. The van der Waals surface area contributed by atoms with Crippen LogP contribution in [0.3, 0.4) is 0 Å². The normalized spacial score (nSPS) is 18.2. The summed E-state index contributed by atoms with van der Waals surface area (Å²) in [7, 11) is 0. The van der Waals surface area contributed by atoms with E-state index in [1.165, 1.54) is 10.4 Å². The monoisotopic (exact) mass is 394 g/mol. The van der Waals surface area contributed by atoms with Crippen molar-refractivity contribution < 1.29 is 4.74 Å². The number of hydrogen-bond acceptors (Lipinski definition) is 8. The van der Waals surface area contributed by atoms with Crippen LogP contribution in [0, 0.1) is 6.92 Å². The third-order valence-electron chi connectivity index (χ3n) is 5.51. The van der Waals surface area contributed by atoms with Gasteiger partial charge in [-0.05, 0) is 43.9 Å². The number of anilines is 2. The van der Waals surface area contributed by atoms with Crippen molar-refractivity contribution in [2.24, 2.45) is 0 Å². The van der Waals surface area contributed by atoms with Gasteiger partial charge in [-0.25, -0.2) is 15.0 Å². The Balaban J connectivity index is 1.42. The van der Waals surface area contributed by atoms with Crippen LogP contribution in [-0.2, 0) is 16.8 Å². The molecule has 0 unspecified atom stereocenters. The van der Waals surface area contributed by atoms with Crippen LogP contribution in [0.1, 0.15) is 29.0 Å². The lowest BCUT2D eigenvalue weighted by molar-refractivity contribution is -0.0735. The van der Waals surface area contributed by atoms with E-state index in [0.29, 0.717) is 5.95 Å². The lowest BCUT2D eigenvalue weighted by atomic mass is 9.85. The molecule has 144 valence electrons. The number of aryl methyl sites for hydroxylation is 1. The Bertz CT molecular complexity index is 977. The molecule has 2 aliphatic heterocycles. The van der Waals surface area contributed by atoms with Crippen LogP contribution in [0.15, 0.2) is 30.6 Å². The molecule has 0 amide bonds. The highest BCUT2D eigenvalue weighted by molar-refractivity contribution is 7.15. The van der Waals surface area contributed by atoms with Crippen LogP contribution >= 0.6 is 11.3 Å². The zero-order valence-electron chi connectivity index (χ0n) is 15.8. The van der Waals surface area contributed by atoms with Crippen molar-refractivity contribution >= 4 is 23.1 Å². The Morgan fingerprint density at radius 3 is 2.68 bits per heavy atom. The zero-order valence-corrected chi connectivity index (χ0v) is 16.6. The van der Waals surface area contributed by atoms with Gasteiger partial charge in [0.05, 0.1) is 11.5 Å². The fourth-order valence-electron chi connectivity index (χ4n) is 4.16. The van der Waals surface area contributed by atoms with E-state index in [0.717, 1.165) is 61.2 Å². The number of nitrogens with two attached hydrogens (primary N) is 1. The summed E-state index contributed by atoms with van der Waals surface area (Å²) in [4.78, 5) is 22.2. The van der Waals surface area contributed by atoms with E-state index in [9.17, 15) is 0 Å². The van der Waals surface area contributed by atoms with Crippen LogP contribution in [0.25, 0.3) is 10.7 Å². The molecule has 0 bridgehead atoms. The number of piperidine rings is 1. The SMILES string of the molecule is Cc1cc(N2CCC3(CC2)OCCc2cc(-c4ncccn4)sc23)nc(N)n1. The number of nitrogen functional groups attached to an aromatic ring is 1. The molecule has 0 saturated carbocycles. The maximum atomic E-state index is 6.40. The Hall–Kier alpha value is -2.58. The van der Waals surface area contributed by atoms with Crippen molar-refractivity contribution in [1.29, 1.82) is 0 Å². The molecule has 1 saturated heterocycles. The average molecular weight is 395 g/mol. The maximum Gasteiger partial charge on any atom is 0.222 e. The van der Waals surface area contributed by atoms with E-state index >= 15 is 0 Å². The molecule has 1 fully saturated rings. The first-order valence-corrected chi connectivity index (χ1v) is 10.4. The third kappa shape index (κ3) is 3.02. The number of ether oxygens (including phenoxy) is 1. The van der Waals surface area contributed by atoms with Crippen LogP contribution in [0.4, 0.5) is 11.8 Å². The van der Waals surface area contributed by atoms with E-state index in [-0.39, 0.29) is 5.60 Å². The smallest absolute Gasteiger partial charge is 0.222 e. The van der Waals surface area contributed by atoms with Crippen molar-refractivity contribution in [2.45, 2.75) is 31.8 Å². The molecule has 0 radical (unpaired) electrons. The molecule has 0 aliphatic carbocycles. The summed E-state index contributed by atoms with van der Waals surface area (Å²) in [5, 5.41) is 0. The first kappa shape index (κ1) is 17.5. The molecule has 7 nitrogen and oxygen atoms in total. The summed E-state index contributed by atoms with van der Waals surface area (Å²) >= 11 is 1.78. The van der Waals surface area contributed by atoms with Gasteiger partial charge < -0.3 is 15.4 Å². The van der Waals surface area contributed by atoms with Crippen molar-refractivity contribution in [3.63, 3.8) is 0 Å². The summed E-state index contributed by atoms with van der Waals surface area (Å²) in [6.45, 7) is 4.47. The largest absolute Gasteiger partial charge is 0.369 e. The number of aromatic nitrogens is 4. The summed E-state index contributed by atoms with van der Waals surface area (Å²) in [6.07, 6.45) is 6.39. The van der Waals surface area contributed by atoms with Crippen molar-refractivity contribution in [3.8, 4) is 10.7 Å². The van der Waals surface area contributed by atoms with E-state index in [2.05, 4.69) is 30.9 Å². The quantitative estimate of drug-likeness (QED) is 0.714. The molecule has 0 aromatic carbocycles. The Kier molecular flexibility index (Phi) is 4.25. The predicted octanol–water partition coefficient (Wildman–Crippen LogP) is 2.95. The molecule has 2 N–H and O–H groups in total. The minimum absolute atomic E-state index is 0.213. The van der Waals surface area contributed by atoms with Crippen molar-refractivity contribution in [3.05, 3.63) is 46.7 Å². The van der Waals surface area contributed by atoms with Crippen LogP contribution < -0.4 is 10.6 Å². The molecule has 1 spiro atoms. The third-order valence-corrected chi connectivity index (χ3v) is 6.87. The summed E-state index contributed by atoms with van der Waals surface area (Å²) in [5.74, 6) is 2.03. The molecule has 8 heteroatoms. The fourth-order valence-corrected chi connectivity index (χ4v) is 5.52. The Morgan fingerprint density at radius 2 is 1.93 bits per heavy atom. The van der Waals surface area contributed by atoms with Gasteiger partial charge in [-0.15, -0.1) is 11.3 Å². The molecule has 5 heterocycles. The van der Waals surface area contributed by atoms with Gasteiger partial charge in [0.1, 0.15) is 11.4 Å². The molecule has 28 heavy (non-hydrogen) atoms. The molecular weight excluding hydrogens is 372 g/mol. The standard InChI is InChI=1S/C20H22N6OS/c1-13-11-16(25-19(21)24-13)26-8-4-20(5-9-26)17-14(3-10-27-20)12-15(28-17)18-22-6-2-7-23-18/h2,6-7,11-12H,3-5,8-10H2,1H3,(H2,21,24,25). The summed E-state index contributed by atoms with van der Waals surface area (Å²) in [6, 6.07) is 6.09. The number of thiophene rings is 1. The second-order valence-corrected chi connectivity index (χ2v) is 8.40. The second-order valence-electron chi connectivity index (χ2n) is 7.34. The Labute approximate surface area is 167 Å². The van der Waals surface area contributed by atoms with Crippen LogP contribution in [-0.4, -0.2) is 39.6 Å². The van der Waals surface area contributed by atoms with Crippen LogP contribution in [0.5, 0.6) is 0 Å². The van der Waals surface area contributed by atoms with Gasteiger partial charge in [0.2, 0.25) is 5.95 Å². The highest BCUT2D eigenvalue weighted by Gasteiger charge is 2.42. The van der Waals surface area contributed by atoms with Crippen LogP contribution in [0.2, 0.25) is 0 Å². The van der Waals surface area contributed by atoms with Gasteiger partial charge in [-0.2, -0.15) is 4.98 Å². The van der Waals surface area contributed by atoms with E-state index in [1.807, 2.05) is 19.1 Å². The minimum Gasteiger partial charge on any atom is -0.369 e. The predicted molar refractivity (Wildman–Crippen MR) is 109 cm³/mol. The number of fused-ring (bicyclic) bond motifs is 2. The van der Waals surface area contributed by atoms with E-state index in [1.54, 1.807) is 23.7 Å². The fraction of sp³-hybridized carbons (Fsp3) is 0.400. The van der Waals surface area contributed by atoms with Gasteiger partial charge in [0.15, 0.2) is 5.82 Å². The van der Waals surface area contributed by atoms with E-state index in [4.69, 9.17) is 10.5 Å². The second kappa shape index (κ2) is 6.79.